The SMILES string of the molecule is CCCc1ccc(C(CS(=O)(=O)C(C)(C)C)NC)cc1. The summed E-state index contributed by atoms with van der Waals surface area (Å²) < 4.78 is 23.9. The lowest BCUT2D eigenvalue weighted by Gasteiger charge is -2.24. The Morgan fingerprint density at radius 2 is 1.70 bits per heavy atom. The molecule has 0 spiro atoms. The van der Waals surface area contributed by atoms with E-state index in [1.165, 1.54) is 5.56 Å². The van der Waals surface area contributed by atoms with Crippen molar-refractivity contribution in [1.29, 1.82) is 0 Å². The van der Waals surface area contributed by atoms with Crippen molar-refractivity contribution in [3.8, 4) is 0 Å². The van der Waals surface area contributed by atoms with Gasteiger partial charge in [0, 0.05) is 6.04 Å². The second kappa shape index (κ2) is 6.72. The Bertz CT molecular complexity index is 512. The van der Waals surface area contributed by atoms with E-state index in [1.807, 2.05) is 19.2 Å². The monoisotopic (exact) mass is 297 g/mol. The summed E-state index contributed by atoms with van der Waals surface area (Å²) >= 11 is 0. The third kappa shape index (κ3) is 4.32. The summed E-state index contributed by atoms with van der Waals surface area (Å²) in [5, 5.41) is 3.12. The second-order valence-corrected chi connectivity index (χ2v) is 9.01. The predicted octanol–water partition coefficient (Wildman–Crippen LogP) is 3.11. The molecule has 1 atom stereocenters. The Kier molecular flexibility index (Phi) is 5.78. The third-order valence-corrected chi connectivity index (χ3v) is 6.23. The Morgan fingerprint density at radius 1 is 1.15 bits per heavy atom. The van der Waals surface area contributed by atoms with Crippen molar-refractivity contribution in [1.82, 2.24) is 5.32 Å². The van der Waals surface area contributed by atoms with Crippen LogP contribution in [0.1, 0.15) is 51.3 Å². The maximum atomic E-state index is 12.3. The van der Waals surface area contributed by atoms with E-state index in [9.17, 15) is 8.42 Å². The Hall–Kier alpha value is -0.870. The zero-order chi connectivity index (χ0) is 15.4. The van der Waals surface area contributed by atoms with E-state index in [0.717, 1.165) is 18.4 Å². The van der Waals surface area contributed by atoms with Gasteiger partial charge in [0.25, 0.3) is 0 Å². The number of aryl methyl sites for hydroxylation is 1. The van der Waals surface area contributed by atoms with Crippen LogP contribution in [0.5, 0.6) is 0 Å². The first-order chi connectivity index (χ1) is 9.21. The number of nitrogens with one attached hydrogen (secondary N) is 1. The first-order valence-corrected chi connectivity index (χ1v) is 8.85. The van der Waals surface area contributed by atoms with Crippen molar-refractivity contribution < 1.29 is 8.42 Å². The molecule has 1 unspecified atom stereocenters. The van der Waals surface area contributed by atoms with E-state index in [2.05, 4.69) is 24.4 Å². The molecular weight excluding hydrogens is 270 g/mol. The zero-order valence-electron chi connectivity index (χ0n) is 13.2. The molecule has 0 aliphatic rings. The highest BCUT2D eigenvalue weighted by atomic mass is 32.2. The molecule has 0 aromatic heterocycles. The van der Waals surface area contributed by atoms with Gasteiger partial charge >= 0.3 is 0 Å². The molecule has 4 heteroatoms. The molecule has 0 radical (unpaired) electrons. The molecule has 3 nitrogen and oxygen atoms in total. The molecule has 0 aliphatic carbocycles. The van der Waals surface area contributed by atoms with Gasteiger partial charge in [-0.25, -0.2) is 8.42 Å². The van der Waals surface area contributed by atoms with Crippen LogP contribution in [-0.2, 0) is 16.3 Å². The molecule has 114 valence electrons. The van der Waals surface area contributed by atoms with Crippen molar-refractivity contribution in [3.63, 3.8) is 0 Å². The fourth-order valence-electron chi connectivity index (χ4n) is 2.02. The van der Waals surface area contributed by atoms with Gasteiger partial charge in [0.05, 0.1) is 10.5 Å². The minimum atomic E-state index is -3.14. The van der Waals surface area contributed by atoms with E-state index in [-0.39, 0.29) is 11.8 Å². The van der Waals surface area contributed by atoms with Gasteiger partial charge in [-0.15, -0.1) is 0 Å². The van der Waals surface area contributed by atoms with Crippen LogP contribution in [0.25, 0.3) is 0 Å². The minimum Gasteiger partial charge on any atom is -0.312 e. The van der Waals surface area contributed by atoms with Crippen LogP contribution in [0.15, 0.2) is 24.3 Å². The van der Waals surface area contributed by atoms with Crippen molar-refractivity contribution in [2.75, 3.05) is 12.8 Å². The highest BCUT2D eigenvalue weighted by Gasteiger charge is 2.31. The van der Waals surface area contributed by atoms with Crippen LogP contribution in [0.2, 0.25) is 0 Å². The van der Waals surface area contributed by atoms with Crippen LogP contribution < -0.4 is 5.32 Å². The number of hydrogen-bond donors (Lipinski definition) is 1. The summed E-state index contributed by atoms with van der Waals surface area (Å²) in [5.74, 6) is 0.125. The molecule has 0 saturated heterocycles. The molecule has 0 saturated carbocycles. The van der Waals surface area contributed by atoms with Crippen molar-refractivity contribution in [3.05, 3.63) is 35.4 Å². The largest absolute Gasteiger partial charge is 0.312 e. The van der Waals surface area contributed by atoms with Gasteiger partial charge in [0.15, 0.2) is 9.84 Å². The molecule has 0 amide bonds. The van der Waals surface area contributed by atoms with Gasteiger partial charge in [-0.2, -0.15) is 0 Å². The molecule has 1 aromatic carbocycles. The van der Waals surface area contributed by atoms with Gasteiger partial charge in [0.2, 0.25) is 0 Å². The fraction of sp³-hybridized carbons (Fsp3) is 0.625. The van der Waals surface area contributed by atoms with Gasteiger partial charge in [-0.1, -0.05) is 37.6 Å². The molecule has 1 N–H and O–H groups in total. The van der Waals surface area contributed by atoms with Crippen LogP contribution >= 0.6 is 0 Å². The quantitative estimate of drug-likeness (QED) is 0.877. The molecule has 0 heterocycles. The maximum absolute atomic E-state index is 12.3. The molecule has 0 bridgehead atoms. The van der Waals surface area contributed by atoms with Crippen molar-refractivity contribution in [2.24, 2.45) is 0 Å². The lowest BCUT2D eigenvalue weighted by atomic mass is 10.0. The number of sulfone groups is 1. The summed E-state index contributed by atoms with van der Waals surface area (Å²) in [5.41, 5.74) is 2.32. The van der Waals surface area contributed by atoms with Crippen LogP contribution in [0, 0.1) is 0 Å². The van der Waals surface area contributed by atoms with E-state index in [1.54, 1.807) is 20.8 Å². The first kappa shape index (κ1) is 17.2. The number of hydrogen-bond acceptors (Lipinski definition) is 3. The Labute approximate surface area is 123 Å². The van der Waals surface area contributed by atoms with Gasteiger partial charge in [-0.3, -0.25) is 0 Å². The topological polar surface area (TPSA) is 46.2 Å². The molecular formula is C16H27NO2S. The predicted molar refractivity (Wildman–Crippen MR) is 85.8 cm³/mol. The average Bonchev–Trinajstić information content (AvgIpc) is 2.36. The summed E-state index contributed by atoms with van der Waals surface area (Å²) in [6, 6.07) is 8.09. The second-order valence-electron chi connectivity index (χ2n) is 6.23. The van der Waals surface area contributed by atoms with Crippen molar-refractivity contribution in [2.45, 2.75) is 51.3 Å². The summed E-state index contributed by atoms with van der Waals surface area (Å²) in [7, 11) is -1.33. The van der Waals surface area contributed by atoms with Crippen LogP contribution in [0.3, 0.4) is 0 Å². The molecule has 20 heavy (non-hydrogen) atoms. The molecule has 1 aromatic rings. The van der Waals surface area contributed by atoms with Crippen LogP contribution in [-0.4, -0.2) is 26.0 Å². The Morgan fingerprint density at radius 3 is 2.10 bits per heavy atom. The molecule has 0 aliphatic heterocycles. The molecule has 0 fully saturated rings. The fourth-order valence-corrected chi connectivity index (χ4v) is 3.32. The first-order valence-electron chi connectivity index (χ1n) is 7.19. The summed E-state index contributed by atoms with van der Waals surface area (Å²) in [4.78, 5) is 0. The highest BCUT2D eigenvalue weighted by molar-refractivity contribution is 7.92. The summed E-state index contributed by atoms with van der Waals surface area (Å²) in [6.07, 6.45) is 2.18. The lowest BCUT2D eigenvalue weighted by molar-refractivity contribution is 0.542. The van der Waals surface area contributed by atoms with Gasteiger partial charge in [-0.05, 0) is 45.4 Å². The van der Waals surface area contributed by atoms with E-state index in [0.29, 0.717) is 0 Å². The molecule has 1 rings (SSSR count). The van der Waals surface area contributed by atoms with Gasteiger partial charge < -0.3 is 5.32 Å². The van der Waals surface area contributed by atoms with Crippen molar-refractivity contribution >= 4 is 9.84 Å². The zero-order valence-corrected chi connectivity index (χ0v) is 14.0. The van der Waals surface area contributed by atoms with E-state index >= 15 is 0 Å². The highest BCUT2D eigenvalue weighted by Crippen LogP contribution is 2.23. The number of benzene rings is 1. The summed E-state index contributed by atoms with van der Waals surface area (Å²) in [6.45, 7) is 7.40. The standard InChI is InChI=1S/C16H27NO2S/c1-6-7-13-8-10-14(11-9-13)15(17-5)12-20(18,19)16(2,3)4/h8-11,15,17H,6-7,12H2,1-5H3. The smallest absolute Gasteiger partial charge is 0.157 e. The third-order valence-electron chi connectivity index (χ3n) is 3.59. The van der Waals surface area contributed by atoms with Crippen LogP contribution in [0.4, 0.5) is 0 Å². The van der Waals surface area contributed by atoms with Gasteiger partial charge in [0.1, 0.15) is 0 Å². The normalized spacial score (nSPS) is 14.2. The van der Waals surface area contributed by atoms with E-state index < -0.39 is 14.6 Å². The number of rotatable bonds is 6. The van der Waals surface area contributed by atoms with E-state index in [4.69, 9.17) is 0 Å². The average molecular weight is 297 g/mol. The lowest BCUT2D eigenvalue weighted by Crippen LogP contribution is -2.35. The maximum Gasteiger partial charge on any atom is 0.157 e. The Balaban J connectivity index is 2.92. The minimum absolute atomic E-state index is 0.125.